The minimum atomic E-state index is 0.514. The maximum Gasteiger partial charge on any atom is 0.168 e. The SMILES string of the molecule is CC(C)CNC(=S)N(C)CCC#N. The molecular weight excluding hydrogens is 182 g/mol. The van der Waals surface area contributed by atoms with Crippen molar-refractivity contribution >= 4 is 17.3 Å². The molecule has 74 valence electrons. The van der Waals surface area contributed by atoms with E-state index >= 15 is 0 Å². The molecule has 0 saturated heterocycles. The quantitative estimate of drug-likeness (QED) is 0.694. The third kappa shape index (κ3) is 6.35. The first-order valence-electron chi connectivity index (χ1n) is 4.43. The fraction of sp³-hybridized carbons (Fsp3) is 0.778. The Hall–Kier alpha value is -0.820. The maximum atomic E-state index is 8.37. The number of hydrogen-bond acceptors (Lipinski definition) is 2. The summed E-state index contributed by atoms with van der Waals surface area (Å²) < 4.78 is 0. The van der Waals surface area contributed by atoms with Gasteiger partial charge in [0.25, 0.3) is 0 Å². The van der Waals surface area contributed by atoms with Gasteiger partial charge in [-0.3, -0.25) is 0 Å². The van der Waals surface area contributed by atoms with Gasteiger partial charge in [0.05, 0.1) is 12.5 Å². The number of nitrogens with zero attached hydrogens (tertiary/aromatic N) is 2. The van der Waals surface area contributed by atoms with Crippen molar-refractivity contribution in [2.45, 2.75) is 20.3 Å². The van der Waals surface area contributed by atoms with Crippen molar-refractivity contribution < 1.29 is 0 Å². The fourth-order valence-corrected chi connectivity index (χ4v) is 0.920. The molecule has 0 fully saturated rings. The van der Waals surface area contributed by atoms with E-state index in [-0.39, 0.29) is 0 Å². The number of thiocarbonyl (C=S) groups is 1. The molecule has 0 radical (unpaired) electrons. The van der Waals surface area contributed by atoms with Crippen LogP contribution < -0.4 is 5.32 Å². The van der Waals surface area contributed by atoms with Crippen molar-refractivity contribution in [1.29, 1.82) is 5.26 Å². The lowest BCUT2D eigenvalue weighted by Gasteiger charge is -2.20. The van der Waals surface area contributed by atoms with E-state index in [4.69, 9.17) is 17.5 Å². The Balaban J connectivity index is 3.64. The van der Waals surface area contributed by atoms with Crippen LogP contribution in [0.5, 0.6) is 0 Å². The second-order valence-electron chi connectivity index (χ2n) is 3.41. The van der Waals surface area contributed by atoms with Crippen LogP contribution in [0.15, 0.2) is 0 Å². The molecule has 0 aromatic heterocycles. The van der Waals surface area contributed by atoms with Gasteiger partial charge in [-0.25, -0.2) is 0 Å². The molecule has 4 heteroatoms. The second kappa shape index (κ2) is 6.67. The molecule has 0 aliphatic rings. The molecule has 0 spiro atoms. The Bertz CT molecular complexity index is 196. The largest absolute Gasteiger partial charge is 0.362 e. The average molecular weight is 199 g/mol. The van der Waals surface area contributed by atoms with E-state index in [1.54, 1.807) is 0 Å². The van der Waals surface area contributed by atoms with Gasteiger partial charge < -0.3 is 10.2 Å². The highest BCUT2D eigenvalue weighted by Gasteiger charge is 2.03. The number of nitriles is 1. The van der Waals surface area contributed by atoms with E-state index in [0.717, 1.165) is 11.7 Å². The van der Waals surface area contributed by atoms with Crippen molar-refractivity contribution in [3.05, 3.63) is 0 Å². The zero-order chi connectivity index (χ0) is 10.3. The summed E-state index contributed by atoms with van der Waals surface area (Å²) in [7, 11) is 1.90. The highest BCUT2D eigenvalue weighted by molar-refractivity contribution is 7.80. The van der Waals surface area contributed by atoms with Crippen LogP contribution in [0.2, 0.25) is 0 Å². The van der Waals surface area contributed by atoms with Crippen LogP contribution in [0.1, 0.15) is 20.3 Å². The molecule has 0 bridgehead atoms. The van der Waals surface area contributed by atoms with Gasteiger partial charge in [-0.05, 0) is 18.1 Å². The molecule has 0 atom stereocenters. The molecular formula is C9H17N3S. The Morgan fingerprint density at radius 3 is 2.69 bits per heavy atom. The van der Waals surface area contributed by atoms with E-state index in [1.165, 1.54) is 0 Å². The van der Waals surface area contributed by atoms with E-state index in [9.17, 15) is 0 Å². The third-order valence-electron chi connectivity index (χ3n) is 1.57. The highest BCUT2D eigenvalue weighted by atomic mass is 32.1. The van der Waals surface area contributed by atoms with E-state index in [1.807, 2.05) is 11.9 Å². The van der Waals surface area contributed by atoms with Gasteiger partial charge in [0, 0.05) is 20.1 Å². The van der Waals surface area contributed by atoms with Crippen LogP contribution in [0.3, 0.4) is 0 Å². The molecule has 3 nitrogen and oxygen atoms in total. The number of hydrogen-bond donors (Lipinski definition) is 1. The molecule has 13 heavy (non-hydrogen) atoms. The van der Waals surface area contributed by atoms with Crippen LogP contribution >= 0.6 is 12.2 Å². The Morgan fingerprint density at radius 2 is 2.23 bits per heavy atom. The molecule has 1 N–H and O–H groups in total. The molecule has 0 aromatic rings. The summed E-state index contributed by atoms with van der Waals surface area (Å²) >= 11 is 5.11. The lowest BCUT2D eigenvalue weighted by Crippen LogP contribution is -2.39. The van der Waals surface area contributed by atoms with Crippen LogP contribution in [-0.4, -0.2) is 30.1 Å². The van der Waals surface area contributed by atoms with Crippen molar-refractivity contribution in [3.63, 3.8) is 0 Å². The molecule has 0 unspecified atom stereocenters. The average Bonchev–Trinajstić information content (AvgIpc) is 2.10. The summed E-state index contributed by atoms with van der Waals surface area (Å²) in [5.74, 6) is 0.585. The lowest BCUT2D eigenvalue weighted by molar-refractivity contribution is 0.493. The highest BCUT2D eigenvalue weighted by Crippen LogP contribution is 1.91. The first-order chi connectivity index (χ1) is 6.07. The van der Waals surface area contributed by atoms with Gasteiger partial charge in [0.2, 0.25) is 0 Å². The van der Waals surface area contributed by atoms with Gasteiger partial charge in [-0.1, -0.05) is 13.8 Å². The van der Waals surface area contributed by atoms with Crippen LogP contribution in [0.25, 0.3) is 0 Å². The normalized spacial score (nSPS) is 9.46. The molecule has 0 amide bonds. The summed E-state index contributed by atoms with van der Waals surface area (Å²) in [5.41, 5.74) is 0. The minimum absolute atomic E-state index is 0.514. The van der Waals surface area contributed by atoms with Crippen LogP contribution in [0, 0.1) is 17.2 Å². The van der Waals surface area contributed by atoms with E-state index < -0.39 is 0 Å². The van der Waals surface area contributed by atoms with E-state index in [2.05, 4.69) is 25.2 Å². The predicted molar refractivity (Wildman–Crippen MR) is 58.3 cm³/mol. The van der Waals surface area contributed by atoms with Crippen molar-refractivity contribution in [3.8, 4) is 6.07 Å². The van der Waals surface area contributed by atoms with Gasteiger partial charge in [0.1, 0.15) is 0 Å². The van der Waals surface area contributed by atoms with Gasteiger partial charge in [-0.15, -0.1) is 0 Å². The molecule has 0 rings (SSSR count). The predicted octanol–water partition coefficient (Wildman–Crippen LogP) is 1.36. The monoisotopic (exact) mass is 199 g/mol. The first kappa shape index (κ1) is 12.2. The molecule has 0 aliphatic carbocycles. The standard InChI is InChI=1S/C9H17N3S/c1-8(2)7-11-9(13)12(3)6-4-5-10/h8H,4,6-7H2,1-3H3,(H,11,13). The zero-order valence-electron chi connectivity index (χ0n) is 8.50. The molecule has 0 aliphatic heterocycles. The van der Waals surface area contributed by atoms with Gasteiger partial charge >= 0.3 is 0 Å². The molecule has 0 aromatic carbocycles. The minimum Gasteiger partial charge on any atom is -0.362 e. The van der Waals surface area contributed by atoms with Crippen molar-refractivity contribution in [2.75, 3.05) is 20.1 Å². The van der Waals surface area contributed by atoms with Gasteiger partial charge in [0.15, 0.2) is 5.11 Å². The summed E-state index contributed by atoms with van der Waals surface area (Å²) in [5, 5.41) is 12.2. The van der Waals surface area contributed by atoms with Crippen molar-refractivity contribution in [2.24, 2.45) is 5.92 Å². The first-order valence-corrected chi connectivity index (χ1v) is 4.84. The summed E-state index contributed by atoms with van der Waals surface area (Å²) in [6.07, 6.45) is 0.514. The fourth-order valence-electron chi connectivity index (χ4n) is 0.746. The number of nitrogens with one attached hydrogen (secondary N) is 1. The zero-order valence-corrected chi connectivity index (χ0v) is 9.32. The topological polar surface area (TPSA) is 39.1 Å². The van der Waals surface area contributed by atoms with Crippen LogP contribution in [-0.2, 0) is 0 Å². The van der Waals surface area contributed by atoms with Crippen LogP contribution in [0.4, 0.5) is 0 Å². The third-order valence-corrected chi connectivity index (χ3v) is 2.02. The Morgan fingerprint density at radius 1 is 1.62 bits per heavy atom. The summed E-state index contributed by atoms with van der Waals surface area (Å²) in [4.78, 5) is 1.89. The van der Waals surface area contributed by atoms with Gasteiger partial charge in [-0.2, -0.15) is 5.26 Å². The second-order valence-corrected chi connectivity index (χ2v) is 3.80. The Labute approximate surface area is 85.7 Å². The maximum absolute atomic E-state index is 8.37. The van der Waals surface area contributed by atoms with E-state index in [0.29, 0.717) is 18.9 Å². The lowest BCUT2D eigenvalue weighted by atomic mass is 10.2. The van der Waals surface area contributed by atoms with Crippen molar-refractivity contribution in [1.82, 2.24) is 10.2 Å². The Kier molecular flexibility index (Phi) is 6.25. The number of rotatable bonds is 4. The molecule has 0 saturated carbocycles. The molecule has 0 heterocycles. The summed E-state index contributed by atoms with van der Waals surface area (Å²) in [6, 6.07) is 2.09. The summed E-state index contributed by atoms with van der Waals surface area (Å²) in [6.45, 7) is 5.84. The smallest absolute Gasteiger partial charge is 0.168 e.